The summed E-state index contributed by atoms with van der Waals surface area (Å²) in [7, 11) is 0. The maximum absolute atomic E-state index is 7.57. The number of furan rings is 1. The lowest BCUT2D eigenvalue weighted by molar-refractivity contribution is -0.0337. The van der Waals surface area contributed by atoms with E-state index in [1.54, 1.807) is 16.7 Å². The molecule has 3 fully saturated rings. The van der Waals surface area contributed by atoms with Crippen molar-refractivity contribution in [3.05, 3.63) is 270 Å². The second-order valence-electron chi connectivity index (χ2n) is 23.6. The van der Waals surface area contributed by atoms with Crippen LogP contribution in [-0.4, -0.2) is 0 Å². The topological polar surface area (TPSA) is 16.4 Å². The van der Waals surface area contributed by atoms with Gasteiger partial charge in [-0.3, -0.25) is 0 Å². The van der Waals surface area contributed by atoms with Gasteiger partial charge >= 0.3 is 0 Å². The van der Waals surface area contributed by atoms with Gasteiger partial charge in [-0.05, 0) is 184 Å². The van der Waals surface area contributed by atoms with Crippen molar-refractivity contribution in [2.24, 2.45) is 5.92 Å². The summed E-state index contributed by atoms with van der Waals surface area (Å²) >= 11 is 0. The molecule has 1 aromatic heterocycles. The fraction of sp³-hybridized carbons (Fsp3) is 0.200. The number of nitrogens with zero attached hydrogens (tertiary/aromatic N) is 1. The SMILES string of the molecule is Cc1ccccc1-c1ccccc1C12CCCC34CC(CC5(CC(CC1)c1ccccc1-c1ccccc15)C23)c1cccc2oc3c(N(c5ccc(-c6ccccc6)cc5)c5ccc(-c6ccccc6)cc5)ccc4c3c12. The molecule has 10 aromatic carbocycles. The molecular formula is C75H61NO. The number of fused-ring (bicyclic) bond motifs is 7. The molecule has 372 valence electrons. The number of anilines is 3. The Morgan fingerprint density at radius 2 is 0.922 bits per heavy atom. The van der Waals surface area contributed by atoms with E-state index in [2.05, 4.69) is 248 Å². The zero-order chi connectivity index (χ0) is 50.9. The quantitative estimate of drug-likeness (QED) is 0.158. The minimum atomic E-state index is -0.162. The predicted octanol–water partition coefficient (Wildman–Crippen LogP) is 20.1. The molecule has 1 heterocycles. The standard InChI is InChI=1S/C75H61NO/c1-49-18-8-9-23-58(49)62-26-12-14-29-64(62)73-43-17-44-74-47-55(48-75(72(73)74)46-54(42-45-73)59-24-10-11-25-61(59)63-27-13-15-30-65(63)75)60-28-16-31-68-69(60)70-66(74)40-41-67(71(70)77-68)76(56-36-32-52(33-37-56)50-19-4-2-5-20-50)57-38-34-53(35-39-57)51-21-6-3-7-22-51/h2-16,18-41,54-55,72H,17,42-48H2,1H3. The van der Waals surface area contributed by atoms with E-state index in [0.29, 0.717) is 17.8 Å². The molecule has 2 heteroatoms. The Morgan fingerprint density at radius 1 is 0.390 bits per heavy atom. The molecule has 0 radical (unpaired) electrons. The van der Waals surface area contributed by atoms with E-state index in [4.69, 9.17) is 4.42 Å². The van der Waals surface area contributed by atoms with E-state index in [-0.39, 0.29) is 16.2 Å². The molecule has 11 aromatic rings. The largest absolute Gasteiger partial charge is 0.454 e. The molecule has 6 unspecified atom stereocenters. The fourth-order valence-corrected chi connectivity index (χ4v) is 17.5. The van der Waals surface area contributed by atoms with Crippen molar-refractivity contribution in [2.75, 3.05) is 4.90 Å². The number of rotatable bonds is 7. The summed E-state index contributed by atoms with van der Waals surface area (Å²) in [6.07, 6.45) is 9.28. The summed E-state index contributed by atoms with van der Waals surface area (Å²) in [5, 5.41) is 2.68. The molecular weight excluding hydrogens is 931 g/mol. The fourth-order valence-electron chi connectivity index (χ4n) is 17.5. The van der Waals surface area contributed by atoms with Crippen molar-refractivity contribution in [1.82, 2.24) is 0 Å². The lowest BCUT2D eigenvalue weighted by atomic mass is 9.37. The molecule has 6 atom stereocenters. The van der Waals surface area contributed by atoms with Gasteiger partial charge in [-0.15, -0.1) is 0 Å². The Balaban J connectivity index is 0.975. The van der Waals surface area contributed by atoms with Crippen molar-refractivity contribution >= 4 is 39.0 Å². The highest BCUT2D eigenvalue weighted by Gasteiger charge is 2.69. The summed E-state index contributed by atoms with van der Waals surface area (Å²) in [6, 6.07) is 90.3. The molecule has 0 N–H and O–H groups in total. The lowest BCUT2D eigenvalue weighted by Gasteiger charge is -2.66. The second kappa shape index (κ2) is 17.2. The van der Waals surface area contributed by atoms with Crippen LogP contribution in [0.15, 0.2) is 241 Å². The minimum absolute atomic E-state index is 0.104. The average Bonchev–Trinajstić information content (AvgIpc) is 3.94. The summed E-state index contributed by atoms with van der Waals surface area (Å²) in [5.41, 5.74) is 24.5. The van der Waals surface area contributed by atoms with Crippen LogP contribution in [0, 0.1) is 12.8 Å². The van der Waals surface area contributed by atoms with Crippen LogP contribution in [-0.2, 0) is 16.2 Å². The van der Waals surface area contributed by atoms with Gasteiger partial charge in [-0.25, -0.2) is 0 Å². The lowest BCUT2D eigenvalue weighted by Crippen LogP contribution is -2.63. The van der Waals surface area contributed by atoms with Gasteiger partial charge in [0.05, 0.1) is 5.69 Å². The summed E-state index contributed by atoms with van der Waals surface area (Å²) in [4.78, 5) is 2.47. The predicted molar refractivity (Wildman–Crippen MR) is 319 cm³/mol. The number of hydrogen-bond acceptors (Lipinski definition) is 2. The Bertz CT molecular complexity index is 4010. The van der Waals surface area contributed by atoms with E-state index in [1.165, 1.54) is 91.2 Å². The van der Waals surface area contributed by atoms with Crippen molar-refractivity contribution in [1.29, 1.82) is 0 Å². The van der Waals surface area contributed by atoms with E-state index < -0.39 is 0 Å². The van der Waals surface area contributed by atoms with Gasteiger partial charge in [0.15, 0.2) is 5.58 Å². The summed E-state index contributed by atoms with van der Waals surface area (Å²) < 4.78 is 7.57. The first-order valence-corrected chi connectivity index (χ1v) is 28.5. The average molecular weight is 992 g/mol. The first-order chi connectivity index (χ1) is 38.0. The van der Waals surface area contributed by atoms with Gasteiger partial charge in [0.25, 0.3) is 0 Å². The Morgan fingerprint density at radius 3 is 1.61 bits per heavy atom. The van der Waals surface area contributed by atoms with E-state index >= 15 is 0 Å². The van der Waals surface area contributed by atoms with Crippen LogP contribution in [0.2, 0.25) is 0 Å². The number of benzene rings is 10. The van der Waals surface area contributed by atoms with Crippen LogP contribution in [0.5, 0.6) is 0 Å². The van der Waals surface area contributed by atoms with Crippen LogP contribution in [0.25, 0.3) is 66.4 Å². The van der Waals surface area contributed by atoms with E-state index in [9.17, 15) is 0 Å². The zero-order valence-corrected chi connectivity index (χ0v) is 43.8. The van der Waals surface area contributed by atoms with Gasteiger partial charge in [0.1, 0.15) is 5.58 Å². The molecule has 2 nitrogen and oxygen atoms in total. The molecule has 0 aliphatic heterocycles. The van der Waals surface area contributed by atoms with Crippen LogP contribution in [0.4, 0.5) is 17.1 Å². The molecule has 16 rings (SSSR count). The molecule has 5 aliphatic rings. The molecule has 0 amide bonds. The van der Waals surface area contributed by atoms with Crippen molar-refractivity contribution in [3.8, 4) is 44.5 Å². The third-order valence-corrected chi connectivity index (χ3v) is 20.1. The third kappa shape index (κ3) is 6.54. The Hall–Kier alpha value is -8.20. The van der Waals surface area contributed by atoms with Gasteiger partial charge in [-0.1, -0.05) is 207 Å². The maximum atomic E-state index is 7.57. The first kappa shape index (κ1) is 45.0. The normalized spacial score (nSPS) is 23.5. The van der Waals surface area contributed by atoms with Crippen LogP contribution >= 0.6 is 0 Å². The minimum Gasteiger partial charge on any atom is -0.454 e. The van der Waals surface area contributed by atoms with Crippen LogP contribution in [0.1, 0.15) is 96.6 Å². The summed E-state index contributed by atoms with van der Waals surface area (Å²) in [6.45, 7) is 2.32. The monoisotopic (exact) mass is 991 g/mol. The maximum Gasteiger partial charge on any atom is 0.159 e. The van der Waals surface area contributed by atoms with Crippen molar-refractivity contribution in [3.63, 3.8) is 0 Å². The summed E-state index contributed by atoms with van der Waals surface area (Å²) in [5.74, 6) is 1.10. The number of aryl methyl sites for hydroxylation is 1. The van der Waals surface area contributed by atoms with Gasteiger partial charge in [0.2, 0.25) is 0 Å². The number of hydrogen-bond donors (Lipinski definition) is 0. The molecule has 77 heavy (non-hydrogen) atoms. The van der Waals surface area contributed by atoms with Gasteiger partial charge in [-0.2, -0.15) is 0 Å². The van der Waals surface area contributed by atoms with Crippen LogP contribution in [0.3, 0.4) is 0 Å². The second-order valence-corrected chi connectivity index (χ2v) is 23.6. The zero-order valence-electron chi connectivity index (χ0n) is 43.8. The van der Waals surface area contributed by atoms with Crippen LogP contribution < -0.4 is 4.90 Å². The van der Waals surface area contributed by atoms with Crippen molar-refractivity contribution in [2.45, 2.75) is 86.4 Å². The highest BCUT2D eigenvalue weighted by molar-refractivity contribution is 6.14. The molecule has 5 aliphatic carbocycles. The van der Waals surface area contributed by atoms with Crippen molar-refractivity contribution < 1.29 is 4.42 Å². The highest BCUT2D eigenvalue weighted by Crippen LogP contribution is 2.76. The highest BCUT2D eigenvalue weighted by atomic mass is 16.3. The van der Waals surface area contributed by atoms with Gasteiger partial charge < -0.3 is 9.32 Å². The van der Waals surface area contributed by atoms with E-state index in [1.807, 2.05) is 0 Å². The smallest absolute Gasteiger partial charge is 0.159 e. The molecule has 0 saturated heterocycles. The van der Waals surface area contributed by atoms with E-state index in [0.717, 1.165) is 60.3 Å². The molecule has 4 bridgehead atoms. The Kier molecular flexibility index (Phi) is 10.0. The third-order valence-electron chi connectivity index (χ3n) is 20.1. The van der Waals surface area contributed by atoms with Gasteiger partial charge in [0, 0.05) is 38.4 Å². The first-order valence-electron chi connectivity index (χ1n) is 28.5. The Labute approximate surface area is 452 Å². The molecule has 2 spiro atoms. The molecule has 3 saturated carbocycles.